The van der Waals surface area contributed by atoms with E-state index in [1.165, 1.54) is 25.7 Å². The van der Waals surface area contributed by atoms with E-state index in [4.69, 9.17) is 0 Å². The minimum Gasteiger partial charge on any atom is -0.386 e. The molecule has 0 spiro atoms. The van der Waals surface area contributed by atoms with Crippen LogP contribution in [-0.4, -0.2) is 10.7 Å². The van der Waals surface area contributed by atoms with E-state index in [1.54, 1.807) is 0 Å². The molecular formula is C12H20O. The Kier molecular flexibility index (Phi) is 2.03. The first-order chi connectivity index (χ1) is 6.01. The molecule has 0 aromatic heterocycles. The zero-order chi connectivity index (χ0) is 9.64. The van der Waals surface area contributed by atoms with Crippen LogP contribution < -0.4 is 0 Å². The normalized spacial score (nSPS) is 41.9. The van der Waals surface area contributed by atoms with Crippen molar-refractivity contribution in [1.29, 1.82) is 0 Å². The quantitative estimate of drug-likeness (QED) is 0.648. The van der Waals surface area contributed by atoms with Gasteiger partial charge in [-0.15, -0.1) is 0 Å². The fourth-order valence-electron chi connectivity index (χ4n) is 3.25. The van der Waals surface area contributed by atoms with E-state index in [0.717, 1.165) is 17.4 Å². The molecule has 0 amide bonds. The van der Waals surface area contributed by atoms with Crippen LogP contribution in [0.15, 0.2) is 12.2 Å². The molecule has 0 aromatic rings. The van der Waals surface area contributed by atoms with E-state index < -0.39 is 5.60 Å². The summed E-state index contributed by atoms with van der Waals surface area (Å²) in [5, 5.41) is 10.3. The van der Waals surface area contributed by atoms with Crippen LogP contribution in [0.3, 0.4) is 0 Å². The summed E-state index contributed by atoms with van der Waals surface area (Å²) in [5.74, 6) is 2.17. The molecule has 4 atom stereocenters. The molecule has 0 heterocycles. The van der Waals surface area contributed by atoms with Gasteiger partial charge < -0.3 is 5.11 Å². The van der Waals surface area contributed by atoms with Crippen LogP contribution in [0, 0.1) is 17.8 Å². The summed E-state index contributed by atoms with van der Waals surface area (Å²) in [5.41, 5.74) is 0.324. The Balaban J connectivity index is 2.14. The smallest absolute Gasteiger partial charge is 0.0854 e. The maximum absolute atomic E-state index is 10.3. The average Bonchev–Trinajstić information content (AvgIpc) is 2.63. The molecule has 2 bridgehead atoms. The largest absolute Gasteiger partial charge is 0.386 e. The predicted octanol–water partition coefficient (Wildman–Crippen LogP) is 2.75. The summed E-state index contributed by atoms with van der Waals surface area (Å²) in [7, 11) is 0. The summed E-state index contributed by atoms with van der Waals surface area (Å²) in [6.07, 6.45) is 5.31. The summed E-state index contributed by atoms with van der Waals surface area (Å²) in [6.45, 7) is 7.80. The van der Waals surface area contributed by atoms with Crippen molar-refractivity contribution in [2.75, 3.05) is 0 Å². The van der Waals surface area contributed by atoms with Crippen molar-refractivity contribution in [1.82, 2.24) is 0 Å². The molecule has 0 saturated heterocycles. The Bertz CT molecular complexity index is 229. The monoisotopic (exact) mass is 180 g/mol. The Hall–Kier alpha value is -0.300. The highest BCUT2D eigenvalue weighted by molar-refractivity contribution is 5.13. The fourth-order valence-corrected chi connectivity index (χ4v) is 3.25. The lowest BCUT2D eigenvalue weighted by Crippen LogP contribution is -2.38. The van der Waals surface area contributed by atoms with Gasteiger partial charge in [-0.2, -0.15) is 0 Å². The van der Waals surface area contributed by atoms with Crippen molar-refractivity contribution in [3.63, 3.8) is 0 Å². The lowest BCUT2D eigenvalue weighted by molar-refractivity contribution is 0.00871. The van der Waals surface area contributed by atoms with E-state index in [1.807, 2.05) is 13.8 Å². The van der Waals surface area contributed by atoms with Crippen LogP contribution in [0.2, 0.25) is 0 Å². The highest BCUT2D eigenvalue weighted by Gasteiger charge is 2.47. The zero-order valence-electron chi connectivity index (χ0n) is 8.71. The van der Waals surface area contributed by atoms with Gasteiger partial charge in [0, 0.05) is 0 Å². The summed E-state index contributed by atoms with van der Waals surface area (Å²) in [6, 6.07) is 0. The number of fused-ring (bicyclic) bond motifs is 2. The second-order valence-electron chi connectivity index (χ2n) is 5.21. The van der Waals surface area contributed by atoms with Gasteiger partial charge in [-0.1, -0.05) is 13.0 Å². The van der Waals surface area contributed by atoms with Crippen LogP contribution in [0.4, 0.5) is 0 Å². The Morgan fingerprint density at radius 2 is 2.08 bits per heavy atom. The summed E-state index contributed by atoms with van der Waals surface area (Å²) < 4.78 is 0. The lowest BCUT2D eigenvalue weighted by atomic mass is 9.74. The van der Waals surface area contributed by atoms with Crippen LogP contribution in [0.25, 0.3) is 0 Å². The van der Waals surface area contributed by atoms with Gasteiger partial charge in [0.25, 0.3) is 0 Å². The van der Waals surface area contributed by atoms with E-state index in [0.29, 0.717) is 5.92 Å². The molecule has 2 aliphatic rings. The van der Waals surface area contributed by atoms with Gasteiger partial charge in [-0.05, 0) is 56.4 Å². The molecule has 1 nitrogen and oxygen atoms in total. The lowest BCUT2D eigenvalue weighted by Gasteiger charge is -2.36. The van der Waals surface area contributed by atoms with E-state index >= 15 is 0 Å². The van der Waals surface area contributed by atoms with Gasteiger partial charge in [0.05, 0.1) is 5.60 Å². The molecule has 4 unspecified atom stereocenters. The third kappa shape index (κ3) is 1.34. The van der Waals surface area contributed by atoms with Crippen molar-refractivity contribution in [3.05, 3.63) is 12.2 Å². The Morgan fingerprint density at radius 1 is 1.38 bits per heavy atom. The third-order valence-corrected chi connectivity index (χ3v) is 4.32. The van der Waals surface area contributed by atoms with Crippen molar-refractivity contribution in [3.8, 4) is 0 Å². The van der Waals surface area contributed by atoms with E-state index in [-0.39, 0.29) is 0 Å². The maximum atomic E-state index is 10.3. The first-order valence-corrected chi connectivity index (χ1v) is 5.40. The number of hydrogen-bond donors (Lipinski definition) is 1. The predicted molar refractivity (Wildman–Crippen MR) is 54.4 cm³/mol. The van der Waals surface area contributed by atoms with Gasteiger partial charge in [0.1, 0.15) is 0 Å². The molecule has 13 heavy (non-hydrogen) atoms. The number of hydrogen-bond acceptors (Lipinski definition) is 1. The SMILES string of the molecule is C=C(C)C(C)(O)C1CC2CCC1C2. The van der Waals surface area contributed by atoms with Crippen LogP contribution >= 0.6 is 0 Å². The summed E-state index contributed by atoms with van der Waals surface area (Å²) >= 11 is 0. The van der Waals surface area contributed by atoms with E-state index in [2.05, 4.69) is 6.58 Å². The second-order valence-corrected chi connectivity index (χ2v) is 5.21. The number of aliphatic hydroxyl groups is 1. The second kappa shape index (κ2) is 2.84. The topological polar surface area (TPSA) is 20.2 Å². The molecule has 74 valence electrons. The van der Waals surface area contributed by atoms with Crippen molar-refractivity contribution in [2.24, 2.45) is 17.8 Å². The Morgan fingerprint density at radius 3 is 2.46 bits per heavy atom. The molecular weight excluding hydrogens is 160 g/mol. The van der Waals surface area contributed by atoms with Crippen molar-refractivity contribution >= 4 is 0 Å². The highest BCUT2D eigenvalue weighted by atomic mass is 16.3. The first kappa shape index (κ1) is 9.26. The van der Waals surface area contributed by atoms with Crippen LogP contribution in [-0.2, 0) is 0 Å². The fraction of sp³-hybridized carbons (Fsp3) is 0.833. The van der Waals surface area contributed by atoms with E-state index in [9.17, 15) is 5.11 Å². The minimum atomic E-state index is -0.611. The van der Waals surface area contributed by atoms with Gasteiger partial charge in [-0.3, -0.25) is 0 Å². The molecule has 2 rings (SSSR count). The van der Waals surface area contributed by atoms with Gasteiger partial charge in [0.2, 0.25) is 0 Å². The van der Waals surface area contributed by atoms with Gasteiger partial charge in [0.15, 0.2) is 0 Å². The molecule has 2 saturated carbocycles. The molecule has 2 aliphatic carbocycles. The number of rotatable bonds is 2. The average molecular weight is 180 g/mol. The highest BCUT2D eigenvalue weighted by Crippen LogP contribution is 2.53. The van der Waals surface area contributed by atoms with Crippen molar-refractivity contribution < 1.29 is 5.11 Å². The zero-order valence-corrected chi connectivity index (χ0v) is 8.71. The molecule has 1 heteroatoms. The third-order valence-electron chi connectivity index (χ3n) is 4.32. The van der Waals surface area contributed by atoms with Crippen LogP contribution in [0.5, 0.6) is 0 Å². The van der Waals surface area contributed by atoms with Crippen LogP contribution in [0.1, 0.15) is 39.5 Å². The standard InChI is InChI=1S/C12H20O/c1-8(2)12(3,13)11-7-9-4-5-10(11)6-9/h9-11,13H,1,4-7H2,2-3H3. The molecule has 1 N–H and O–H groups in total. The first-order valence-electron chi connectivity index (χ1n) is 5.40. The molecule has 0 radical (unpaired) electrons. The molecule has 0 aromatic carbocycles. The minimum absolute atomic E-state index is 0.490. The van der Waals surface area contributed by atoms with Gasteiger partial charge >= 0.3 is 0 Å². The maximum Gasteiger partial charge on any atom is 0.0854 e. The molecule has 0 aliphatic heterocycles. The Labute approximate surface area is 80.8 Å². The molecule has 2 fully saturated rings. The summed E-state index contributed by atoms with van der Waals surface area (Å²) in [4.78, 5) is 0. The van der Waals surface area contributed by atoms with Crippen molar-refractivity contribution in [2.45, 2.75) is 45.1 Å². The van der Waals surface area contributed by atoms with Gasteiger partial charge in [-0.25, -0.2) is 0 Å².